The van der Waals surface area contributed by atoms with E-state index in [0.717, 1.165) is 0 Å². The molecule has 0 fully saturated rings. The largest absolute Gasteiger partial charge is 0.453 e. The van der Waals surface area contributed by atoms with Crippen molar-refractivity contribution < 1.29 is 12.8 Å². The van der Waals surface area contributed by atoms with Crippen molar-refractivity contribution in [2.45, 2.75) is 9.99 Å². The van der Waals surface area contributed by atoms with Crippen LogP contribution in [-0.2, 0) is 9.84 Å². The second-order valence-electron chi connectivity index (χ2n) is 3.23. The molecule has 0 amide bonds. The summed E-state index contributed by atoms with van der Waals surface area (Å²) in [5.41, 5.74) is 11.6. The average Bonchev–Trinajstić information content (AvgIpc) is 2.69. The molecule has 0 unspecified atom stereocenters. The third-order valence-electron chi connectivity index (χ3n) is 2.08. The predicted molar refractivity (Wildman–Crippen MR) is 59.4 cm³/mol. The number of hydrogen-bond acceptors (Lipinski definition) is 5. The fourth-order valence-corrected chi connectivity index (χ4v) is 2.61. The van der Waals surface area contributed by atoms with Gasteiger partial charge in [0, 0.05) is 5.69 Å². The lowest BCUT2D eigenvalue weighted by Gasteiger charge is -2.05. The normalized spacial score (nSPS) is 11.5. The van der Waals surface area contributed by atoms with E-state index < -0.39 is 9.84 Å². The van der Waals surface area contributed by atoms with Crippen LogP contribution in [0.5, 0.6) is 0 Å². The van der Waals surface area contributed by atoms with Gasteiger partial charge < -0.3 is 15.9 Å². The Morgan fingerprint density at radius 2 is 1.88 bits per heavy atom. The molecule has 6 heteroatoms. The summed E-state index contributed by atoms with van der Waals surface area (Å²) in [6, 6.07) is 7.11. The van der Waals surface area contributed by atoms with Gasteiger partial charge in [0.1, 0.15) is 0 Å². The van der Waals surface area contributed by atoms with Gasteiger partial charge in [0.25, 0.3) is 0 Å². The zero-order valence-electron chi connectivity index (χ0n) is 8.25. The molecule has 16 heavy (non-hydrogen) atoms. The van der Waals surface area contributed by atoms with Crippen LogP contribution < -0.4 is 11.5 Å². The number of nitrogens with two attached hydrogens (primary N) is 2. The van der Waals surface area contributed by atoms with Crippen molar-refractivity contribution >= 4 is 21.2 Å². The van der Waals surface area contributed by atoms with E-state index in [1.54, 1.807) is 0 Å². The minimum atomic E-state index is -3.69. The Morgan fingerprint density at radius 3 is 2.44 bits per heavy atom. The first-order valence-electron chi connectivity index (χ1n) is 4.45. The van der Waals surface area contributed by atoms with Gasteiger partial charge >= 0.3 is 0 Å². The summed E-state index contributed by atoms with van der Waals surface area (Å²) in [4.78, 5) is -0.00310. The van der Waals surface area contributed by atoms with Gasteiger partial charge in [0.05, 0.1) is 16.8 Å². The Hall–Kier alpha value is -1.95. The molecule has 0 aliphatic rings. The summed E-state index contributed by atoms with van der Waals surface area (Å²) in [6.45, 7) is 0. The molecular formula is C10H10N2O3S. The Balaban J connectivity index is 2.61. The Labute approximate surface area is 92.6 Å². The predicted octanol–water partition coefficient (Wildman–Crippen LogP) is 1.28. The smallest absolute Gasteiger partial charge is 0.241 e. The molecule has 1 aromatic heterocycles. The highest BCUT2D eigenvalue weighted by molar-refractivity contribution is 7.91. The number of hydrogen-bond donors (Lipinski definition) is 2. The maximum atomic E-state index is 12.0. The van der Waals surface area contributed by atoms with E-state index in [4.69, 9.17) is 15.9 Å². The summed E-state index contributed by atoms with van der Waals surface area (Å²) < 4.78 is 28.9. The number of rotatable bonds is 2. The molecule has 5 nitrogen and oxygen atoms in total. The lowest BCUT2D eigenvalue weighted by Crippen LogP contribution is -2.05. The van der Waals surface area contributed by atoms with Crippen molar-refractivity contribution in [2.24, 2.45) is 0 Å². The van der Waals surface area contributed by atoms with Crippen LogP contribution in [0.25, 0.3) is 0 Å². The monoisotopic (exact) mass is 238 g/mol. The summed E-state index contributed by atoms with van der Waals surface area (Å²) >= 11 is 0. The van der Waals surface area contributed by atoms with E-state index in [1.807, 2.05) is 0 Å². The van der Waals surface area contributed by atoms with Gasteiger partial charge in [0.2, 0.25) is 14.9 Å². The highest BCUT2D eigenvalue weighted by Gasteiger charge is 2.22. The van der Waals surface area contributed by atoms with Gasteiger partial charge in [0.15, 0.2) is 0 Å². The first kappa shape index (κ1) is 10.6. The van der Waals surface area contributed by atoms with Crippen LogP contribution in [0, 0.1) is 0 Å². The van der Waals surface area contributed by atoms with Crippen molar-refractivity contribution in [2.75, 3.05) is 11.5 Å². The van der Waals surface area contributed by atoms with Crippen LogP contribution in [0.15, 0.2) is 51.0 Å². The molecule has 0 bridgehead atoms. The maximum Gasteiger partial charge on any atom is 0.241 e. The fraction of sp³-hybridized carbons (Fsp3) is 0. The van der Waals surface area contributed by atoms with Crippen molar-refractivity contribution in [1.29, 1.82) is 0 Å². The molecule has 0 aliphatic carbocycles. The second kappa shape index (κ2) is 3.57. The Kier molecular flexibility index (Phi) is 2.35. The van der Waals surface area contributed by atoms with Crippen molar-refractivity contribution in [3.8, 4) is 0 Å². The minimum Gasteiger partial charge on any atom is -0.453 e. The third kappa shape index (κ3) is 1.63. The van der Waals surface area contributed by atoms with Gasteiger partial charge in [-0.25, -0.2) is 8.42 Å². The molecular weight excluding hydrogens is 228 g/mol. The average molecular weight is 238 g/mol. The highest BCUT2D eigenvalue weighted by Crippen LogP contribution is 2.27. The van der Waals surface area contributed by atoms with E-state index >= 15 is 0 Å². The molecule has 0 radical (unpaired) electrons. The number of sulfone groups is 1. The molecule has 84 valence electrons. The summed E-state index contributed by atoms with van der Waals surface area (Å²) in [7, 11) is -3.69. The number of benzene rings is 1. The van der Waals surface area contributed by atoms with Gasteiger partial charge in [-0.1, -0.05) is 0 Å². The molecule has 0 spiro atoms. The van der Waals surface area contributed by atoms with E-state index in [1.165, 1.54) is 36.6 Å². The van der Waals surface area contributed by atoms with Crippen molar-refractivity contribution in [1.82, 2.24) is 0 Å². The first-order chi connectivity index (χ1) is 7.51. The summed E-state index contributed by atoms with van der Waals surface area (Å²) in [5.74, 6) is 0. The molecule has 0 saturated carbocycles. The van der Waals surface area contributed by atoms with E-state index in [9.17, 15) is 8.42 Å². The minimum absolute atomic E-state index is 0.00310. The Bertz CT molecular complexity index is 603. The third-order valence-corrected chi connectivity index (χ3v) is 3.80. The van der Waals surface area contributed by atoms with E-state index in [-0.39, 0.29) is 15.7 Å². The lowest BCUT2D eigenvalue weighted by molar-refractivity contribution is 0.450. The molecule has 1 aromatic carbocycles. The SMILES string of the molecule is Nc1ccc(S(=O)(=O)c2ccco2)c(N)c1. The summed E-state index contributed by atoms with van der Waals surface area (Å²) in [6.07, 6.45) is 1.29. The van der Waals surface area contributed by atoms with E-state index in [2.05, 4.69) is 0 Å². The topological polar surface area (TPSA) is 99.3 Å². The van der Waals surface area contributed by atoms with Crippen LogP contribution >= 0.6 is 0 Å². The number of anilines is 2. The molecule has 0 aliphatic heterocycles. The lowest BCUT2D eigenvalue weighted by atomic mass is 10.3. The van der Waals surface area contributed by atoms with Gasteiger partial charge in [-0.15, -0.1) is 0 Å². The van der Waals surface area contributed by atoms with Crippen molar-refractivity contribution in [3.63, 3.8) is 0 Å². The molecule has 0 saturated heterocycles. The van der Waals surface area contributed by atoms with Crippen molar-refractivity contribution in [3.05, 3.63) is 36.6 Å². The highest BCUT2D eigenvalue weighted by atomic mass is 32.2. The quantitative estimate of drug-likeness (QED) is 0.767. The molecule has 1 heterocycles. The molecule has 0 atom stereocenters. The van der Waals surface area contributed by atoms with Crippen LogP contribution in [0.1, 0.15) is 0 Å². The molecule has 4 N–H and O–H groups in total. The van der Waals surface area contributed by atoms with Gasteiger partial charge in [-0.05, 0) is 30.3 Å². The standard InChI is InChI=1S/C10H10N2O3S/c11-7-3-4-9(8(12)6-7)16(13,14)10-2-1-5-15-10/h1-6H,11-12H2. The molecule has 2 rings (SSSR count). The van der Waals surface area contributed by atoms with Crippen LogP contribution in [-0.4, -0.2) is 8.42 Å². The second-order valence-corrected chi connectivity index (χ2v) is 5.08. The zero-order chi connectivity index (χ0) is 11.8. The van der Waals surface area contributed by atoms with Crippen LogP contribution in [0.4, 0.5) is 11.4 Å². The van der Waals surface area contributed by atoms with Gasteiger partial charge in [-0.2, -0.15) is 0 Å². The fourth-order valence-electron chi connectivity index (χ4n) is 1.34. The van der Waals surface area contributed by atoms with E-state index in [0.29, 0.717) is 5.69 Å². The van der Waals surface area contributed by atoms with Crippen LogP contribution in [0.3, 0.4) is 0 Å². The van der Waals surface area contributed by atoms with Crippen LogP contribution in [0.2, 0.25) is 0 Å². The number of nitrogen functional groups attached to an aromatic ring is 2. The zero-order valence-corrected chi connectivity index (χ0v) is 9.07. The molecule has 2 aromatic rings. The maximum absolute atomic E-state index is 12.0. The number of furan rings is 1. The van der Waals surface area contributed by atoms with Gasteiger partial charge in [-0.3, -0.25) is 0 Å². The Morgan fingerprint density at radius 1 is 1.12 bits per heavy atom. The first-order valence-corrected chi connectivity index (χ1v) is 5.94. The summed E-state index contributed by atoms with van der Waals surface area (Å²) in [5, 5.41) is -0.135.